The van der Waals surface area contributed by atoms with Crippen molar-refractivity contribution >= 4 is 62.1 Å². The van der Waals surface area contributed by atoms with Crippen molar-refractivity contribution in [2.24, 2.45) is 13.0 Å². The molecule has 12 rings (SSSR count). The molecule has 9 heterocycles. The highest BCUT2D eigenvalue weighted by molar-refractivity contribution is 6.03. The zero-order valence-electron chi connectivity index (χ0n) is 48.9. The van der Waals surface area contributed by atoms with Crippen LogP contribution < -0.4 is 30.3 Å². The van der Waals surface area contributed by atoms with Crippen molar-refractivity contribution in [1.82, 2.24) is 44.1 Å². The molecule has 6 saturated heterocycles. The second kappa shape index (κ2) is 23.4. The smallest absolute Gasteiger partial charge is 0.410 e. The Morgan fingerprint density at radius 1 is 0.859 bits per heavy atom. The van der Waals surface area contributed by atoms with E-state index in [1.807, 2.05) is 42.5 Å². The number of benzene rings is 3. The van der Waals surface area contributed by atoms with E-state index in [-0.39, 0.29) is 108 Å². The van der Waals surface area contributed by atoms with Gasteiger partial charge in [0.2, 0.25) is 11.8 Å². The number of aryl methyl sites for hydroxylation is 1. The Hall–Kier alpha value is -7.52. The number of likely N-dealkylation sites (N-methyl/N-ethyl adjacent to an activating group) is 1. The number of likely N-dealkylation sites (tertiary alicyclic amines) is 2. The third-order valence-electron chi connectivity index (χ3n) is 17.9. The molecule has 20 nitrogen and oxygen atoms in total. The molecule has 0 radical (unpaired) electrons. The molecule has 2 bridgehead atoms. The maximum atomic E-state index is 17.7. The number of terminal acetylenes is 1. The summed E-state index contributed by atoms with van der Waals surface area (Å²) in [5.41, 5.74) is -0.297. The molecular weight excluding hydrogens is 1100 g/mol. The topological polar surface area (TPSA) is 191 Å². The number of pyridine rings is 1. The summed E-state index contributed by atoms with van der Waals surface area (Å²) in [4.78, 5) is 76.4. The summed E-state index contributed by atoms with van der Waals surface area (Å²) in [5, 5.41) is 3.43. The fraction of sp³-hybridized carbons (Fsp3) is 0.532. The molecule has 450 valence electrons. The zero-order chi connectivity index (χ0) is 59.6. The van der Waals surface area contributed by atoms with Crippen LogP contribution in [0.2, 0.25) is 0 Å². The molecule has 6 aliphatic heterocycles. The lowest BCUT2D eigenvalue weighted by molar-refractivity contribution is -0.135. The molecule has 23 heteroatoms. The first-order chi connectivity index (χ1) is 40.8. The Morgan fingerprint density at radius 3 is 2.32 bits per heavy atom. The summed E-state index contributed by atoms with van der Waals surface area (Å²) in [7, 11) is 5.03. The predicted octanol–water partition coefficient (Wildman–Crippen LogP) is 7.29. The fourth-order valence-electron chi connectivity index (χ4n) is 13.8. The molecule has 0 spiro atoms. The minimum atomic E-state index is -0.887. The predicted molar refractivity (Wildman–Crippen MR) is 312 cm³/mol. The molecule has 3 aromatic heterocycles. The number of imidazole rings is 1. The Labute approximate surface area is 490 Å². The van der Waals surface area contributed by atoms with Gasteiger partial charge in [0.1, 0.15) is 52.4 Å². The average Bonchev–Trinajstić information content (AvgIpc) is 2.25. The van der Waals surface area contributed by atoms with E-state index in [9.17, 15) is 19.2 Å². The molecule has 0 saturated carbocycles. The molecule has 5 atom stereocenters. The normalized spacial score (nSPS) is 22.9. The number of carbonyl (C=O) groups excluding carboxylic acids is 3. The van der Waals surface area contributed by atoms with Crippen LogP contribution in [-0.4, -0.2) is 173 Å². The van der Waals surface area contributed by atoms with E-state index >= 15 is 13.2 Å². The molecule has 6 fully saturated rings. The van der Waals surface area contributed by atoms with Gasteiger partial charge in [-0.15, -0.1) is 6.42 Å². The number of nitrogens with one attached hydrogen (secondary N) is 1. The molecule has 0 aliphatic carbocycles. The van der Waals surface area contributed by atoms with Gasteiger partial charge in [-0.1, -0.05) is 12.0 Å². The van der Waals surface area contributed by atoms with Crippen molar-refractivity contribution in [2.45, 2.75) is 121 Å². The minimum Gasteiger partial charge on any atom is -0.468 e. The molecular formula is C62H72F3N11O9. The summed E-state index contributed by atoms with van der Waals surface area (Å²) >= 11 is 0. The van der Waals surface area contributed by atoms with Crippen LogP contribution in [0.4, 0.5) is 29.5 Å². The van der Waals surface area contributed by atoms with Crippen LogP contribution in [0.3, 0.4) is 0 Å². The highest BCUT2D eigenvalue weighted by atomic mass is 19.1. The summed E-state index contributed by atoms with van der Waals surface area (Å²) in [6.07, 6.45) is 13.2. The lowest BCUT2D eigenvalue weighted by Gasteiger charge is -2.42. The summed E-state index contributed by atoms with van der Waals surface area (Å²) < 4.78 is 82.1. The van der Waals surface area contributed by atoms with Gasteiger partial charge < -0.3 is 38.4 Å². The van der Waals surface area contributed by atoms with Gasteiger partial charge in [0.25, 0.3) is 0 Å². The van der Waals surface area contributed by atoms with Crippen LogP contribution in [0, 0.1) is 35.7 Å². The third kappa shape index (κ3) is 11.3. The van der Waals surface area contributed by atoms with Crippen molar-refractivity contribution in [3.8, 4) is 35.4 Å². The first kappa shape index (κ1) is 57.9. The Kier molecular flexibility index (Phi) is 15.9. The lowest BCUT2D eigenvalue weighted by atomic mass is 9.94. The third-order valence-corrected chi connectivity index (χ3v) is 17.9. The average molecular weight is 1170 g/mol. The maximum Gasteiger partial charge on any atom is 0.410 e. The Balaban J connectivity index is 0.702. The SMILES string of the molecule is C#Cc1c(F)ccc2cc(OCOC)cc(-c3ncc4c(N5CC6CCC(C5)N6C(=O)OC(C)(C)C)nc(OC[C@@H]5C[C@@H](OC6CCN(CC7CCN(c8ccc9c(c8F)n(C)c(=O)n9C8CCC(=O)NC8=O)CC7)CC6)CN5C)nc4c3F)c12. The van der Waals surface area contributed by atoms with Crippen molar-refractivity contribution < 1.29 is 51.2 Å². The minimum absolute atomic E-state index is 0.0327. The second-order valence-electron chi connectivity index (χ2n) is 24.7. The monoisotopic (exact) mass is 1170 g/mol. The van der Waals surface area contributed by atoms with Gasteiger partial charge in [-0.25, -0.2) is 22.8 Å². The molecule has 1 N–H and O–H groups in total. The Morgan fingerprint density at radius 2 is 1.61 bits per heavy atom. The molecule has 6 aromatic rings. The summed E-state index contributed by atoms with van der Waals surface area (Å²) in [5.74, 6) is 0.767. The second-order valence-corrected chi connectivity index (χ2v) is 24.7. The van der Waals surface area contributed by atoms with Gasteiger partial charge in [-0.2, -0.15) is 9.97 Å². The standard InChI is InChI=1S/C62H72F3N11O9/c1-8-43-46(63)12-9-36-25-41(83-34-81-7)27-44(51(36)43)54-53(65)55-45(28-66-54)57(74-30-37-10-11-38(31-74)75(37)61(80)85-62(2,3)4)69-59(68-55)82-33-39-26-42(32-70(39)5)84-40-19-21-72(22-20-40)29-35-17-23-73(24-18-35)47-13-14-48-56(52(47)64)71(6)60(79)76(48)49-15-16-50(77)67-58(49)78/h1,9,12-14,25,27-28,35,37-40,42,49H,10-11,15-24,26,29-34H2,2-7H3,(H,67,77,78)/t37?,38?,39-,42+,49?/m0/s1. The molecule has 3 aromatic carbocycles. The van der Waals surface area contributed by atoms with E-state index in [0.717, 1.165) is 58.2 Å². The van der Waals surface area contributed by atoms with E-state index in [2.05, 4.69) is 26.0 Å². The lowest BCUT2D eigenvalue weighted by Crippen LogP contribution is -2.57. The zero-order valence-corrected chi connectivity index (χ0v) is 48.9. The maximum absolute atomic E-state index is 17.7. The van der Waals surface area contributed by atoms with Crippen LogP contribution in [0.1, 0.15) is 90.2 Å². The number of halogens is 3. The van der Waals surface area contributed by atoms with Crippen LogP contribution >= 0.6 is 0 Å². The van der Waals surface area contributed by atoms with E-state index < -0.39 is 40.7 Å². The first-order valence-electron chi connectivity index (χ1n) is 29.5. The van der Waals surface area contributed by atoms with Gasteiger partial charge in [0.15, 0.2) is 18.4 Å². The number of ether oxygens (including phenoxy) is 5. The molecule has 3 unspecified atom stereocenters. The van der Waals surface area contributed by atoms with Gasteiger partial charge in [-0.05, 0) is 121 Å². The number of amides is 3. The van der Waals surface area contributed by atoms with Crippen molar-refractivity contribution in [3.05, 3.63) is 76.1 Å². The highest BCUT2D eigenvalue weighted by Gasteiger charge is 2.46. The number of fused-ring (bicyclic) bond motifs is 5. The number of hydrogen-bond acceptors (Lipinski definition) is 16. The molecule has 3 amide bonds. The van der Waals surface area contributed by atoms with Gasteiger partial charge in [0, 0.05) is 96.1 Å². The number of rotatable bonds is 14. The van der Waals surface area contributed by atoms with E-state index in [1.54, 1.807) is 30.3 Å². The number of carbonyl (C=O) groups is 3. The van der Waals surface area contributed by atoms with Crippen molar-refractivity contribution in [1.29, 1.82) is 0 Å². The summed E-state index contributed by atoms with van der Waals surface area (Å²) in [6.45, 7) is 11.2. The Bertz CT molecular complexity index is 3680. The number of piperidine rings is 3. The largest absolute Gasteiger partial charge is 0.468 e. The van der Waals surface area contributed by atoms with Crippen LogP contribution in [-0.2, 0) is 30.8 Å². The van der Waals surface area contributed by atoms with Gasteiger partial charge >= 0.3 is 17.8 Å². The van der Waals surface area contributed by atoms with Crippen LogP contribution in [0.25, 0.3) is 44.0 Å². The first-order valence-corrected chi connectivity index (χ1v) is 29.5. The van der Waals surface area contributed by atoms with Gasteiger partial charge in [0.05, 0.1) is 46.4 Å². The molecule has 85 heavy (non-hydrogen) atoms. The number of aromatic nitrogens is 5. The van der Waals surface area contributed by atoms with Crippen LogP contribution in [0.15, 0.2) is 47.4 Å². The number of nitrogens with zero attached hydrogens (tertiary/aromatic N) is 10. The summed E-state index contributed by atoms with van der Waals surface area (Å²) in [6, 6.07) is 8.11. The van der Waals surface area contributed by atoms with E-state index in [4.69, 9.17) is 40.1 Å². The van der Waals surface area contributed by atoms with Crippen LogP contribution in [0.5, 0.6) is 11.8 Å². The highest BCUT2D eigenvalue weighted by Crippen LogP contribution is 2.42. The number of imide groups is 1. The van der Waals surface area contributed by atoms with Gasteiger partial charge in [-0.3, -0.25) is 38.8 Å². The number of piperazine rings is 1. The van der Waals surface area contributed by atoms with E-state index in [0.29, 0.717) is 78.6 Å². The molecule has 6 aliphatic rings. The fourth-order valence-corrected chi connectivity index (χ4v) is 13.8. The van der Waals surface area contributed by atoms with E-state index in [1.165, 1.54) is 35.6 Å². The number of anilines is 2. The quantitative estimate of drug-likeness (QED) is 0.0649. The van der Waals surface area contributed by atoms with Crippen molar-refractivity contribution in [2.75, 3.05) is 89.7 Å². The number of methoxy groups -OCH3 is 1. The number of hydrogen-bond donors (Lipinski definition) is 1. The van der Waals surface area contributed by atoms with Crippen molar-refractivity contribution in [3.63, 3.8) is 0 Å².